The van der Waals surface area contributed by atoms with Crippen molar-refractivity contribution in [1.29, 1.82) is 0 Å². The van der Waals surface area contributed by atoms with Crippen molar-refractivity contribution in [2.45, 2.75) is 24.5 Å². The molecule has 3 rings (SSSR count). The Labute approximate surface area is 113 Å². The summed E-state index contributed by atoms with van der Waals surface area (Å²) in [4.78, 5) is 13.6. The van der Waals surface area contributed by atoms with Crippen molar-refractivity contribution in [3.8, 4) is 5.75 Å². The molecule has 1 fully saturated rings. The lowest BCUT2D eigenvalue weighted by Crippen LogP contribution is -2.27. The van der Waals surface area contributed by atoms with Crippen LogP contribution < -0.4 is 4.74 Å². The molecule has 18 heavy (non-hydrogen) atoms. The monoisotopic (exact) mass is 263 g/mol. The standard InChI is InChI=1S/C14H17NO2S/c16-14-8-12(18)9-15(14)5-3-10-1-2-13-11(7-10)4-6-17-13/h1-2,7,12,18H,3-6,8-9H2. The highest BCUT2D eigenvalue weighted by atomic mass is 32.1. The first kappa shape index (κ1) is 11.9. The van der Waals surface area contributed by atoms with Crippen LogP contribution in [0.1, 0.15) is 17.5 Å². The van der Waals surface area contributed by atoms with Crippen molar-refractivity contribution in [3.05, 3.63) is 29.3 Å². The van der Waals surface area contributed by atoms with E-state index in [1.54, 1.807) is 0 Å². The van der Waals surface area contributed by atoms with Gasteiger partial charge < -0.3 is 9.64 Å². The molecule has 4 heteroatoms. The van der Waals surface area contributed by atoms with Gasteiger partial charge in [0.2, 0.25) is 5.91 Å². The third kappa shape index (κ3) is 2.34. The largest absolute Gasteiger partial charge is 0.493 e. The molecule has 2 heterocycles. The number of thiol groups is 1. The number of benzene rings is 1. The highest BCUT2D eigenvalue weighted by Gasteiger charge is 2.26. The van der Waals surface area contributed by atoms with Crippen molar-refractivity contribution >= 4 is 18.5 Å². The van der Waals surface area contributed by atoms with Gasteiger partial charge in [-0.3, -0.25) is 4.79 Å². The van der Waals surface area contributed by atoms with E-state index in [1.807, 2.05) is 11.0 Å². The Bertz CT molecular complexity index is 475. The number of carbonyl (C=O) groups excluding carboxylic acids is 1. The number of nitrogens with zero attached hydrogens (tertiary/aromatic N) is 1. The lowest BCUT2D eigenvalue weighted by atomic mass is 10.1. The minimum atomic E-state index is 0.214. The van der Waals surface area contributed by atoms with Crippen LogP contribution in [-0.4, -0.2) is 35.8 Å². The Hall–Kier alpha value is -1.16. The molecule has 2 aliphatic heterocycles. The van der Waals surface area contributed by atoms with Crippen LogP contribution in [0.2, 0.25) is 0 Å². The lowest BCUT2D eigenvalue weighted by molar-refractivity contribution is -0.127. The summed E-state index contributed by atoms with van der Waals surface area (Å²) in [7, 11) is 0. The van der Waals surface area contributed by atoms with Gasteiger partial charge in [0.25, 0.3) is 0 Å². The Kier molecular flexibility index (Phi) is 3.20. The van der Waals surface area contributed by atoms with Crippen LogP contribution in [0.3, 0.4) is 0 Å². The molecule has 1 aromatic carbocycles. The van der Waals surface area contributed by atoms with Gasteiger partial charge in [-0.05, 0) is 23.6 Å². The van der Waals surface area contributed by atoms with Crippen LogP contribution in [0.4, 0.5) is 0 Å². The van der Waals surface area contributed by atoms with Gasteiger partial charge in [0.05, 0.1) is 6.61 Å². The highest BCUT2D eigenvalue weighted by Crippen LogP contribution is 2.26. The van der Waals surface area contributed by atoms with Gasteiger partial charge in [0.1, 0.15) is 5.75 Å². The predicted molar refractivity (Wildman–Crippen MR) is 73.3 cm³/mol. The zero-order valence-electron chi connectivity index (χ0n) is 10.3. The molecule has 1 atom stereocenters. The molecule has 1 saturated heterocycles. The van der Waals surface area contributed by atoms with E-state index < -0.39 is 0 Å². The second-order valence-corrected chi connectivity index (χ2v) is 5.72. The van der Waals surface area contributed by atoms with E-state index in [4.69, 9.17) is 4.74 Å². The van der Waals surface area contributed by atoms with E-state index in [0.717, 1.165) is 38.3 Å². The lowest BCUT2D eigenvalue weighted by Gasteiger charge is -2.15. The van der Waals surface area contributed by atoms with Gasteiger partial charge in [-0.2, -0.15) is 12.6 Å². The highest BCUT2D eigenvalue weighted by molar-refractivity contribution is 7.81. The number of ether oxygens (including phenoxy) is 1. The first-order valence-electron chi connectivity index (χ1n) is 6.43. The fourth-order valence-electron chi connectivity index (χ4n) is 2.63. The Balaban J connectivity index is 1.62. The van der Waals surface area contributed by atoms with Crippen molar-refractivity contribution in [2.24, 2.45) is 0 Å². The van der Waals surface area contributed by atoms with Gasteiger partial charge >= 0.3 is 0 Å². The summed E-state index contributed by atoms with van der Waals surface area (Å²) in [6.45, 7) is 2.39. The zero-order chi connectivity index (χ0) is 12.5. The maximum Gasteiger partial charge on any atom is 0.223 e. The van der Waals surface area contributed by atoms with Gasteiger partial charge in [-0.1, -0.05) is 12.1 Å². The van der Waals surface area contributed by atoms with E-state index in [2.05, 4.69) is 24.8 Å². The normalized spacial score (nSPS) is 22.2. The fraction of sp³-hybridized carbons (Fsp3) is 0.500. The first-order chi connectivity index (χ1) is 8.72. The maximum atomic E-state index is 11.7. The maximum absolute atomic E-state index is 11.7. The SMILES string of the molecule is O=C1CC(S)CN1CCc1ccc2c(c1)CCO2. The van der Waals surface area contributed by atoms with Crippen molar-refractivity contribution < 1.29 is 9.53 Å². The number of rotatable bonds is 3. The van der Waals surface area contributed by atoms with Crippen LogP contribution in [0.5, 0.6) is 5.75 Å². The molecule has 0 radical (unpaired) electrons. The predicted octanol–water partition coefficient (Wildman–Crippen LogP) is 1.69. The minimum absolute atomic E-state index is 0.214. The first-order valence-corrected chi connectivity index (χ1v) is 6.94. The molecule has 0 saturated carbocycles. The van der Waals surface area contributed by atoms with Gasteiger partial charge in [0.15, 0.2) is 0 Å². The molecule has 0 spiro atoms. The van der Waals surface area contributed by atoms with Crippen LogP contribution in [-0.2, 0) is 17.6 Å². The summed E-state index contributed by atoms with van der Waals surface area (Å²) in [5, 5.41) is 0.214. The van der Waals surface area contributed by atoms with Crippen molar-refractivity contribution in [3.63, 3.8) is 0 Å². The third-order valence-corrected chi connectivity index (χ3v) is 3.96. The number of carbonyl (C=O) groups is 1. The topological polar surface area (TPSA) is 29.5 Å². The zero-order valence-corrected chi connectivity index (χ0v) is 11.2. The molecule has 0 N–H and O–H groups in total. The molecule has 1 aromatic rings. The van der Waals surface area contributed by atoms with Crippen LogP contribution in [0.15, 0.2) is 18.2 Å². The van der Waals surface area contributed by atoms with E-state index in [0.29, 0.717) is 6.42 Å². The second kappa shape index (κ2) is 4.84. The van der Waals surface area contributed by atoms with Crippen LogP contribution >= 0.6 is 12.6 Å². The number of hydrogen-bond acceptors (Lipinski definition) is 3. The number of fused-ring (bicyclic) bond motifs is 1. The van der Waals surface area contributed by atoms with E-state index in [-0.39, 0.29) is 11.2 Å². The number of amides is 1. The molecule has 96 valence electrons. The van der Waals surface area contributed by atoms with Crippen molar-refractivity contribution in [1.82, 2.24) is 4.90 Å². The Morgan fingerprint density at radius 3 is 3.11 bits per heavy atom. The summed E-state index contributed by atoms with van der Waals surface area (Å²) in [5.74, 6) is 1.26. The molecule has 1 unspecified atom stereocenters. The molecule has 3 nitrogen and oxygen atoms in total. The van der Waals surface area contributed by atoms with Crippen LogP contribution in [0, 0.1) is 0 Å². The van der Waals surface area contributed by atoms with Gasteiger partial charge in [0, 0.05) is 31.2 Å². The minimum Gasteiger partial charge on any atom is -0.493 e. The molecule has 0 bridgehead atoms. The molecular weight excluding hydrogens is 246 g/mol. The average Bonchev–Trinajstić information content (AvgIpc) is 2.92. The number of hydrogen-bond donors (Lipinski definition) is 1. The summed E-state index contributed by atoms with van der Waals surface area (Å²) in [6, 6.07) is 6.36. The van der Waals surface area contributed by atoms with E-state index in [9.17, 15) is 4.79 Å². The Morgan fingerprint density at radius 2 is 2.33 bits per heavy atom. The average molecular weight is 263 g/mol. The smallest absolute Gasteiger partial charge is 0.223 e. The summed E-state index contributed by atoms with van der Waals surface area (Å²) < 4.78 is 5.49. The Morgan fingerprint density at radius 1 is 1.44 bits per heavy atom. The van der Waals surface area contributed by atoms with Crippen LogP contribution in [0.25, 0.3) is 0 Å². The fourth-order valence-corrected chi connectivity index (χ4v) is 2.98. The van der Waals surface area contributed by atoms with E-state index >= 15 is 0 Å². The third-order valence-electron chi connectivity index (χ3n) is 3.62. The summed E-state index contributed by atoms with van der Waals surface area (Å²) in [5.41, 5.74) is 2.59. The second-order valence-electron chi connectivity index (χ2n) is 4.99. The summed E-state index contributed by atoms with van der Waals surface area (Å²) in [6.07, 6.45) is 2.51. The molecule has 0 aliphatic carbocycles. The number of likely N-dealkylation sites (tertiary alicyclic amines) is 1. The summed E-state index contributed by atoms with van der Waals surface area (Å²) >= 11 is 4.37. The molecular formula is C14H17NO2S. The van der Waals surface area contributed by atoms with Gasteiger partial charge in [-0.15, -0.1) is 0 Å². The molecule has 2 aliphatic rings. The van der Waals surface area contributed by atoms with E-state index in [1.165, 1.54) is 11.1 Å². The molecule has 0 aromatic heterocycles. The van der Waals surface area contributed by atoms with Gasteiger partial charge in [-0.25, -0.2) is 0 Å². The van der Waals surface area contributed by atoms with Crippen molar-refractivity contribution in [2.75, 3.05) is 19.7 Å². The molecule has 1 amide bonds. The quantitative estimate of drug-likeness (QED) is 0.841.